The summed E-state index contributed by atoms with van der Waals surface area (Å²) in [4.78, 5) is 2.51. The first-order valence-electron chi connectivity index (χ1n) is 7.24. The largest absolute Gasteiger partial charge is 0.378 e. The minimum atomic E-state index is 0.529. The lowest BCUT2D eigenvalue weighted by atomic mass is 10.2. The predicted octanol–water partition coefficient (Wildman–Crippen LogP) is 2.41. The standard InChI is InChI=1S/C16H22N4/c1-13-16(12-19(2)18-13)17-15-8-9-20(11-15)10-14-6-4-3-5-7-14/h3-7,12,15,17H,8-11H2,1-2H3. The maximum absolute atomic E-state index is 4.38. The van der Waals surface area contributed by atoms with E-state index >= 15 is 0 Å². The van der Waals surface area contributed by atoms with Crippen LogP contribution >= 0.6 is 0 Å². The highest BCUT2D eigenvalue weighted by Gasteiger charge is 2.23. The van der Waals surface area contributed by atoms with E-state index in [1.807, 2.05) is 11.7 Å². The predicted molar refractivity (Wildman–Crippen MR) is 81.7 cm³/mol. The van der Waals surface area contributed by atoms with E-state index in [2.05, 4.69) is 58.8 Å². The minimum Gasteiger partial charge on any atom is -0.378 e. The fourth-order valence-corrected chi connectivity index (χ4v) is 2.90. The molecule has 1 N–H and O–H groups in total. The molecule has 0 radical (unpaired) electrons. The second-order valence-electron chi connectivity index (χ2n) is 5.65. The minimum absolute atomic E-state index is 0.529. The van der Waals surface area contributed by atoms with E-state index in [1.54, 1.807) is 0 Å². The molecule has 0 bridgehead atoms. The van der Waals surface area contributed by atoms with Gasteiger partial charge in [0.15, 0.2) is 0 Å². The van der Waals surface area contributed by atoms with Crippen molar-refractivity contribution in [2.24, 2.45) is 7.05 Å². The molecule has 0 spiro atoms. The van der Waals surface area contributed by atoms with Crippen molar-refractivity contribution in [1.29, 1.82) is 0 Å². The van der Waals surface area contributed by atoms with Gasteiger partial charge in [0.1, 0.15) is 0 Å². The molecule has 1 atom stereocenters. The van der Waals surface area contributed by atoms with Crippen molar-refractivity contribution in [3.63, 3.8) is 0 Å². The molecule has 3 rings (SSSR count). The Bertz CT molecular complexity index is 561. The van der Waals surface area contributed by atoms with E-state index in [9.17, 15) is 0 Å². The number of hydrogen-bond donors (Lipinski definition) is 1. The Morgan fingerprint density at radius 3 is 2.80 bits per heavy atom. The first kappa shape index (κ1) is 13.2. The molecule has 2 heterocycles. The maximum Gasteiger partial charge on any atom is 0.0825 e. The van der Waals surface area contributed by atoms with Gasteiger partial charge in [-0.2, -0.15) is 5.10 Å². The highest BCUT2D eigenvalue weighted by Crippen LogP contribution is 2.19. The summed E-state index contributed by atoms with van der Waals surface area (Å²) in [5, 5.41) is 8.00. The summed E-state index contributed by atoms with van der Waals surface area (Å²) in [5.41, 5.74) is 3.64. The molecular weight excluding hydrogens is 248 g/mol. The third-order valence-corrected chi connectivity index (χ3v) is 3.89. The molecule has 0 amide bonds. The number of aromatic nitrogens is 2. The quantitative estimate of drug-likeness (QED) is 0.926. The molecule has 2 aromatic rings. The Morgan fingerprint density at radius 2 is 2.10 bits per heavy atom. The smallest absolute Gasteiger partial charge is 0.0825 e. The van der Waals surface area contributed by atoms with Crippen LogP contribution < -0.4 is 5.32 Å². The van der Waals surface area contributed by atoms with E-state index in [0.717, 1.165) is 25.3 Å². The van der Waals surface area contributed by atoms with Gasteiger partial charge in [-0.3, -0.25) is 9.58 Å². The van der Waals surface area contributed by atoms with Crippen molar-refractivity contribution in [3.8, 4) is 0 Å². The van der Waals surface area contributed by atoms with Gasteiger partial charge in [0.25, 0.3) is 0 Å². The van der Waals surface area contributed by atoms with Gasteiger partial charge in [0.2, 0.25) is 0 Å². The zero-order valence-electron chi connectivity index (χ0n) is 12.2. The van der Waals surface area contributed by atoms with Crippen LogP contribution in [0.4, 0.5) is 5.69 Å². The Labute approximate surface area is 120 Å². The van der Waals surface area contributed by atoms with Crippen molar-refractivity contribution in [3.05, 3.63) is 47.8 Å². The second-order valence-corrected chi connectivity index (χ2v) is 5.65. The molecule has 1 aromatic carbocycles. The van der Waals surface area contributed by atoms with E-state index in [-0.39, 0.29) is 0 Å². The SMILES string of the molecule is Cc1nn(C)cc1NC1CCN(Cc2ccccc2)C1. The van der Waals surface area contributed by atoms with Gasteiger partial charge in [-0.15, -0.1) is 0 Å². The topological polar surface area (TPSA) is 33.1 Å². The molecule has 20 heavy (non-hydrogen) atoms. The van der Waals surface area contributed by atoms with Crippen LogP contribution in [0.25, 0.3) is 0 Å². The lowest BCUT2D eigenvalue weighted by Crippen LogP contribution is -2.26. The van der Waals surface area contributed by atoms with Crippen LogP contribution in [0.2, 0.25) is 0 Å². The number of benzene rings is 1. The molecule has 1 fully saturated rings. The Morgan fingerprint density at radius 1 is 1.30 bits per heavy atom. The van der Waals surface area contributed by atoms with Gasteiger partial charge < -0.3 is 5.32 Å². The zero-order valence-corrected chi connectivity index (χ0v) is 12.2. The van der Waals surface area contributed by atoms with Crippen molar-refractivity contribution >= 4 is 5.69 Å². The molecule has 1 aromatic heterocycles. The van der Waals surface area contributed by atoms with Gasteiger partial charge >= 0.3 is 0 Å². The van der Waals surface area contributed by atoms with E-state index in [1.165, 1.54) is 17.7 Å². The average molecular weight is 270 g/mol. The van der Waals surface area contributed by atoms with Gasteiger partial charge in [0, 0.05) is 38.9 Å². The molecule has 0 saturated carbocycles. The van der Waals surface area contributed by atoms with Crippen molar-refractivity contribution < 1.29 is 0 Å². The third kappa shape index (κ3) is 3.02. The summed E-state index contributed by atoms with van der Waals surface area (Å²) >= 11 is 0. The molecule has 1 saturated heterocycles. The van der Waals surface area contributed by atoms with Crippen molar-refractivity contribution in [1.82, 2.24) is 14.7 Å². The molecule has 4 heteroatoms. The number of nitrogens with zero attached hydrogens (tertiary/aromatic N) is 3. The van der Waals surface area contributed by atoms with Crippen molar-refractivity contribution in [2.45, 2.75) is 25.9 Å². The van der Waals surface area contributed by atoms with Crippen LogP contribution in [-0.4, -0.2) is 33.8 Å². The number of hydrogen-bond acceptors (Lipinski definition) is 3. The maximum atomic E-state index is 4.38. The molecule has 1 unspecified atom stereocenters. The van der Waals surface area contributed by atoms with Crippen LogP contribution in [0.3, 0.4) is 0 Å². The fraction of sp³-hybridized carbons (Fsp3) is 0.438. The summed E-state index contributed by atoms with van der Waals surface area (Å²) in [6.45, 7) is 5.36. The van der Waals surface area contributed by atoms with Crippen LogP contribution in [-0.2, 0) is 13.6 Å². The molecule has 1 aliphatic rings. The van der Waals surface area contributed by atoms with Gasteiger partial charge in [-0.25, -0.2) is 0 Å². The number of likely N-dealkylation sites (tertiary alicyclic amines) is 1. The zero-order chi connectivity index (χ0) is 13.9. The average Bonchev–Trinajstić information content (AvgIpc) is 2.98. The first-order valence-corrected chi connectivity index (χ1v) is 7.24. The summed E-state index contributed by atoms with van der Waals surface area (Å²) in [6, 6.07) is 11.2. The summed E-state index contributed by atoms with van der Waals surface area (Å²) in [5.74, 6) is 0. The number of aryl methyl sites for hydroxylation is 2. The van der Waals surface area contributed by atoms with Gasteiger partial charge in [-0.05, 0) is 18.9 Å². The molecule has 0 aliphatic carbocycles. The van der Waals surface area contributed by atoms with Crippen LogP contribution in [0, 0.1) is 6.92 Å². The number of nitrogens with one attached hydrogen (secondary N) is 1. The second kappa shape index (κ2) is 5.67. The molecule has 106 valence electrons. The third-order valence-electron chi connectivity index (χ3n) is 3.89. The van der Waals surface area contributed by atoms with Crippen LogP contribution in [0.15, 0.2) is 36.5 Å². The normalized spacial score (nSPS) is 19.4. The molecular formula is C16H22N4. The summed E-state index contributed by atoms with van der Waals surface area (Å²) in [7, 11) is 1.97. The Kier molecular flexibility index (Phi) is 3.74. The Hall–Kier alpha value is -1.81. The summed E-state index contributed by atoms with van der Waals surface area (Å²) in [6.07, 6.45) is 3.26. The first-order chi connectivity index (χ1) is 9.70. The van der Waals surface area contributed by atoms with Gasteiger partial charge in [0.05, 0.1) is 11.4 Å². The molecule has 4 nitrogen and oxygen atoms in total. The Balaban J connectivity index is 1.56. The van der Waals surface area contributed by atoms with Crippen molar-refractivity contribution in [2.75, 3.05) is 18.4 Å². The highest BCUT2D eigenvalue weighted by atomic mass is 15.3. The number of rotatable bonds is 4. The fourth-order valence-electron chi connectivity index (χ4n) is 2.90. The van der Waals surface area contributed by atoms with E-state index in [0.29, 0.717) is 6.04 Å². The van der Waals surface area contributed by atoms with E-state index in [4.69, 9.17) is 0 Å². The lowest BCUT2D eigenvalue weighted by Gasteiger charge is -2.17. The van der Waals surface area contributed by atoms with Crippen LogP contribution in [0.5, 0.6) is 0 Å². The van der Waals surface area contributed by atoms with Gasteiger partial charge in [-0.1, -0.05) is 30.3 Å². The van der Waals surface area contributed by atoms with Crippen LogP contribution in [0.1, 0.15) is 17.7 Å². The highest BCUT2D eigenvalue weighted by molar-refractivity contribution is 5.46. The number of anilines is 1. The molecule has 1 aliphatic heterocycles. The lowest BCUT2D eigenvalue weighted by molar-refractivity contribution is 0.328. The van der Waals surface area contributed by atoms with E-state index < -0.39 is 0 Å². The monoisotopic (exact) mass is 270 g/mol. The summed E-state index contributed by atoms with van der Waals surface area (Å²) < 4.78 is 1.87.